The third-order valence-corrected chi connectivity index (χ3v) is 3.55. The molecular formula is C13H15N3O5. The monoisotopic (exact) mass is 293 g/mol. The van der Waals surface area contributed by atoms with Crippen molar-refractivity contribution in [1.29, 1.82) is 0 Å². The number of hydrogen-bond acceptors (Lipinski definition) is 5. The van der Waals surface area contributed by atoms with Crippen LogP contribution in [0, 0.1) is 10.1 Å². The Balaban J connectivity index is 1.85. The van der Waals surface area contributed by atoms with E-state index in [9.17, 15) is 19.7 Å². The molecule has 0 spiro atoms. The molecule has 112 valence electrons. The third kappa shape index (κ3) is 3.47. The first-order valence-electron chi connectivity index (χ1n) is 6.35. The summed E-state index contributed by atoms with van der Waals surface area (Å²) in [4.78, 5) is 33.9. The molecule has 2 amide bonds. The minimum absolute atomic E-state index is 0.0766. The minimum atomic E-state index is -0.658. The fourth-order valence-corrected chi connectivity index (χ4v) is 1.93. The SMILES string of the molecule is CN(C=O)C1(CNC(=O)Oc2ccc([N+](=O)[O-])cc2)CC1. The van der Waals surface area contributed by atoms with Crippen LogP contribution in [0.4, 0.5) is 10.5 Å². The van der Waals surface area contributed by atoms with Gasteiger partial charge in [0.2, 0.25) is 6.41 Å². The van der Waals surface area contributed by atoms with E-state index in [1.807, 2.05) is 0 Å². The number of non-ortho nitro benzene ring substituents is 1. The zero-order valence-corrected chi connectivity index (χ0v) is 11.4. The topological polar surface area (TPSA) is 102 Å². The predicted octanol–water partition coefficient (Wildman–Crippen LogP) is 1.30. The molecule has 0 aliphatic heterocycles. The smallest absolute Gasteiger partial charge is 0.410 e. The number of benzene rings is 1. The summed E-state index contributed by atoms with van der Waals surface area (Å²) in [5.41, 5.74) is -0.386. The molecule has 0 aromatic heterocycles. The van der Waals surface area contributed by atoms with Crippen molar-refractivity contribution in [2.45, 2.75) is 18.4 Å². The number of nitrogens with one attached hydrogen (secondary N) is 1. The zero-order chi connectivity index (χ0) is 15.5. The van der Waals surface area contributed by atoms with E-state index in [0.29, 0.717) is 6.54 Å². The number of hydrogen-bond donors (Lipinski definition) is 1. The average Bonchev–Trinajstić information content (AvgIpc) is 3.26. The average molecular weight is 293 g/mol. The quantitative estimate of drug-likeness (QED) is 0.484. The molecule has 1 saturated carbocycles. The summed E-state index contributed by atoms with van der Waals surface area (Å²) in [5, 5.41) is 13.1. The van der Waals surface area contributed by atoms with Gasteiger partial charge >= 0.3 is 6.09 Å². The van der Waals surface area contributed by atoms with Crippen LogP contribution in [0.3, 0.4) is 0 Å². The van der Waals surface area contributed by atoms with Crippen molar-refractivity contribution >= 4 is 18.2 Å². The van der Waals surface area contributed by atoms with Crippen LogP contribution >= 0.6 is 0 Å². The van der Waals surface area contributed by atoms with Gasteiger partial charge in [-0.1, -0.05) is 0 Å². The molecule has 1 aliphatic carbocycles. The van der Waals surface area contributed by atoms with Crippen LogP contribution in [0.15, 0.2) is 24.3 Å². The second-order valence-corrected chi connectivity index (χ2v) is 4.93. The van der Waals surface area contributed by atoms with E-state index in [2.05, 4.69) is 5.32 Å². The number of nitro benzene ring substituents is 1. The largest absolute Gasteiger partial charge is 0.412 e. The highest BCUT2D eigenvalue weighted by atomic mass is 16.6. The van der Waals surface area contributed by atoms with Gasteiger partial charge in [-0.2, -0.15) is 0 Å². The maximum atomic E-state index is 11.6. The Bertz CT molecular complexity index is 553. The van der Waals surface area contributed by atoms with Crippen LogP contribution in [0.25, 0.3) is 0 Å². The normalized spacial score (nSPS) is 14.9. The molecule has 0 heterocycles. The molecule has 2 rings (SSSR count). The Hall–Kier alpha value is -2.64. The molecule has 0 unspecified atom stereocenters. The van der Waals surface area contributed by atoms with Gasteiger partial charge in [0.05, 0.1) is 10.5 Å². The molecule has 0 bridgehead atoms. The lowest BCUT2D eigenvalue weighted by molar-refractivity contribution is -0.384. The van der Waals surface area contributed by atoms with Crippen molar-refractivity contribution in [3.05, 3.63) is 34.4 Å². The maximum absolute atomic E-state index is 11.6. The highest BCUT2D eigenvalue weighted by molar-refractivity contribution is 5.70. The molecule has 0 radical (unpaired) electrons. The number of amides is 2. The van der Waals surface area contributed by atoms with Gasteiger partial charge in [-0.25, -0.2) is 4.79 Å². The van der Waals surface area contributed by atoms with Crippen LogP contribution in [0.5, 0.6) is 5.75 Å². The number of rotatable bonds is 6. The van der Waals surface area contributed by atoms with E-state index < -0.39 is 11.0 Å². The summed E-state index contributed by atoms with van der Waals surface area (Å²) in [6.07, 6.45) is 1.74. The lowest BCUT2D eigenvalue weighted by Gasteiger charge is -2.24. The fourth-order valence-electron chi connectivity index (χ4n) is 1.93. The number of nitro groups is 1. The first kappa shape index (κ1) is 14.8. The van der Waals surface area contributed by atoms with Crippen molar-refractivity contribution in [1.82, 2.24) is 10.2 Å². The Morgan fingerprint density at radius 3 is 2.57 bits per heavy atom. The van der Waals surface area contributed by atoms with Gasteiger partial charge in [-0.3, -0.25) is 14.9 Å². The van der Waals surface area contributed by atoms with E-state index in [0.717, 1.165) is 19.3 Å². The maximum Gasteiger partial charge on any atom is 0.412 e. The molecule has 8 heteroatoms. The van der Waals surface area contributed by atoms with Gasteiger partial charge < -0.3 is 15.0 Å². The Kier molecular flexibility index (Phi) is 4.06. The number of carbonyl (C=O) groups excluding carboxylic acids is 2. The third-order valence-electron chi connectivity index (χ3n) is 3.55. The minimum Gasteiger partial charge on any atom is -0.410 e. The van der Waals surface area contributed by atoms with Crippen molar-refractivity contribution in [3.63, 3.8) is 0 Å². The van der Waals surface area contributed by atoms with Gasteiger partial charge in [0.25, 0.3) is 5.69 Å². The molecule has 1 N–H and O–H groups in total. The van der Waals surface area contributed by atoms with Crippen molar-refractivity contribution < 1.29 is 19.2 Å². The molecule has 1 fully saturated rings. The highest BCUT2D eigenvalue weighted by Gasteiger charge is 2.46. The fraction of sp³-hybridized carbons (Fsp3) is 0.385. The van der Waals surface area contributed by atoms with Crippen LogP contribution in [0.1, 0.15) is 12.8 Å². The summed E-state index contributed by atoms with van der Waals surface area (Å²) in [5.74, 6) is 0.215. The summed E-state index contributed by atoms with van der Waals surface area (Å²) in [7, 11) is 1.67. The first-order chi connectivity index (χ1) is 9.97. The standard InChI is InChI=1S/C13H15N3O5/c1-15(9-17)13(6-7-13)8-14-12(18)21-11-4-2-10(3-5-11)16(19)20/h2-5,9H,6-8H2,1H3,(H,14,18). The first-order valence-corrected chi connectivity index (χ1v) is 6.35. The number of ether oxygens (including phenoxy) is 1. The van der Waals surface area contributed by atoms with Crippen LogP contribution < -0.4 is 10.1 Å². The van der Waals surface area contributed by atoms with E-state index in [1.165, 1.54) is 24.3 Å². The van der Waals surface area contributed by atoms with Crippen LogP contribution in [-0.2, 0) is 4.79 Å². The van der Waals surface area contributed by atoms with Gasteiger partial charge in [-0.15, -0.1) is 0 Å². The number of carbonyl (C=O) groups is 2. The van der Waals surface area contributed by atoms with E-state index in [4.69, 9.17) is 4.74 Å². The van der Waals surface area contributed by atoms with Gasteiger partial charge in [0.15, 0.2) is 0 Å². The Morgan fingerprint density at radius 1 is 1.48 bits per heavy atom. The molecule has 0 saturated heterocycles. The van der Waals surface area contributed by atoms with E-state index in [1.54, 1.807) is 11.9 Å². The molecule has 1 aromatic rings. The van der Waals surface area contributed by atoms with Gasteiger partial charge in [0.1, 0.15) is 5.75 Å². The van der Waals surface area contributed by atoms with Gasteiger partial charge in [-0.05, 0) is 25.0 Å². The molecule has 8 nitrogen and oxygen atoms in total. The predicted molar refractivity (Wildman–Crippen MR) is 72.9 cm³/mol. The summed E-state index contributed by atoms with van der Waals surface area (Å²) >= 11 is 0. The zero-order valence-electron chi connectivity index (χ0n) is 11.4. The van der Waals surface area contributed by atoms with Crippen LogP contribution in [0.2, 0.25) is 0 Å². The molecule has 0 atom stereocenters. The molecule has 1 aromatic carbocycles. The summed E-state index contributed by atoms with van der Waals surface area (Å²) in [6, 6.07) is 5.21. The molecule has 1 aliphatic rings. The highest BCUT2D eigenvalue weighted by Crippen LogP contribution is 2.39. The number of nitrogens with zero attached hydrogens (tertiary/aromatic N) is 2. The van der Waals surface area contributed by atoms with E-state index in [-0.39, 0.29) is 17.0 Å². The summed E-state index contributed by atoms with van der Waals surface area (Å²) < 4.78 is 5.01. The lowest BCUT2D eigenvalue weighted by atomic mass is 10.2. The summed E-state index contributed by atoms with van der Waals surface area (Å²) in [6.45, 7) is 0.314. The number of likely N-dealkylation sites (N-methyl/N-ethyl adjacent to an activating group) is 1. The second kappa shape index (κ2) is 5.78. The second-order valence-electron chi connectivity index (χ2n) is 4.93. The molecule has 21 heavy (non-hydrogen) atoms. The lowest BCUT2D eigenvalue weighted by Crippen LogP contribution is -2.44. The van der Waals surface area contributed by atoms with Crippen molar-refractivity contribution in [2.24, 2.45) is 0 Å². The Labute approximate surface area is 120 Å². The van der Waals surface area contributed by atoms with Crippen molar-refractivity contribution in [3.8, 4) is 5.75 Å². The Morgan fingerprint density at radius 2 is 2.10 bits per heavy atom. The van der Waals surface area contributed by atoms with Crippen LogP contribution in [-0.4, -0.2) is 41.5 Å². The van der Waals surface area contributed by atoms with E-state index >= 15 is 0 Å². The van der Waals surface area contributed by atoms with Crippen molar-refractivity contribution in [2.75, 3.05) is 13.6 Å². The van der Waals surface area contributed by atoms with Gasteiger partial charge in [0, 0.05) is 25.7 Å². The molecular weight excluding hydrogens is 278 g/mol.